The van der Waals surface area contributed by atoms with E-state index in [9.17, 15) is 5.11 Å². The Morgan fingerprint density at radius 2 is 1.71 bits per heavy atom. The van der Waals surface area contributed by atoms with E-state index >= 15 is 0 Å². The molecule has 2 N–H and O–H groups in total. The zero-order valence-electron chi connectivity index (χ0n) is 21.2. The van der Waals surface area contributed by atoms with E-state index in [0.29, 0.717) is 6.54 Å². The molecule has 0 radical (unpaired) electrons. The molecule has 34 heavy (non-hydrogen) atoms. The molecule has 3 aromatic rings. The Kier molecular flexibility index (Phi) is 12.0. The van der Waals surface area contributed by atoms with Crippen molar-refractivity contribution in [3.63, 3.8) is 0 Å². The van der Waals surface area contributed by atoms with Gasteiger partial charge in [0.05, 0.1) is 7.11 Å². The fourth-order valence-corrected chi connectivity index (χ4v) is 4.16. The average molecular weight is 481 g/mol. The second-order valence-electron chi connectivity index (χ2n) is 7.67. The molecule has 1 atom stereocenters. The number of rotatable bonds is 7. The number of nitrogens with one attached hydrogen (secondary N) is 1. The van der Waals surface area contributed by atoms with Crippen LogP contribution in [0.25, 0.3) is 0 Å². The normalized spacial score (nSPS) is 13.0. The maximum absolute atomic E-state index is 10.7. The highest BCUT2D eigenvalue weighted by molar-refractivity contribution is 7.80. The van der Waals surface area contributed by atoms with E-state index in [-0.39, 0.29) is 0 Å². The monoisotopic (exact) mass is 480 g/mol. The number of aliphatic hydroxyl groups is 1. The number of anilines is 1. The number of benzene rings is 3. The van der Waals surface area contributed by atoms with Crippen LogP contribution in [-0.4, -0.2) is 18.8 Å². The van der Waals surface area contributed by atoms with E-state index in [1.807, 2.05) is 70.2 Å². The number of methoxy groups -OCH3 is 1. The minimum absolute atomic E-state index is 0.603. The Hall–Kier alpha value is -2.47. The number of thiol groups is 1. The van der Waals surface area contributed by atoms with Gasteiger partial charge in [-0.3, -0.25) is 5.32 Å². The highest BCUT2D eigenvalue weighted by Gasteiger charge is 2.20. The lowest BCUT2D eigenvalue weighted by molar-refractivity contribution is 0.137. The van der Waals surface area contributed by atoms with Gasteiger partial charge in [-0.05, 0) is 59.9 Å². The van der Waals surface area contributed by atoms with Crippen molar-refractivity contribution in [1.29, 1.82) is 0 Å². The number of nitrogens with zero attached hydrogens (tertiary/aromatic N) is 1. The van der Waals surface area contributed by atoms with Crippen molar-refractivity contribution in [2.45, 2.75) is 64.7 Å². The molecule has 0 bridgehead atoms. The molecule has 4 rings (SSSR count). The van der Waals surface area contributed by atoms with Crippen LogP contribution >= 0.6 is 12.6 Å². The van der Waals surface area contributed by atoms with E-state index in [2.05, 4.69) is 47.1 Å². The molecule has 0 saturated carbocycles. The smallest absolute Gasteiger partial charge is 0.131 e. The van der Waals surface area contributed by atoms with E-state index < -0.39 is 6.23 Å². The van der Waals surface area contributed by atoms with E-state index in [0.717, 1.165) is 47.7 Å². The molecule has 3 aromatic carbocycles. The fourth-order valence-electron chi connectivity index (χ4n) is 4.01. The van der Waals surface area contributed by atoms with Crippen LogP contribution in [0.2, 0.25) is 0 Å². The summed E-state index contributed by atoms with van der Waals surface area (Å²) in [6.45, 7) is 10.4. The molecule has 184 valence electrons. The van der Waals surface area contributed by atoms with E-state index in [1.54, 1.807) is 7.11 Å². The molecular formula is C29H40N2O2S. The summed E-state index contributed by atoms with van der Waals surface area (Å²) in [6.07, 6.45) is 1.43. The number of ether oxygens (including phenoxy) is 1. The highest BCUT2D eigenvalue weighted by atomic mass is 32.1. The minimum atomic E-state index is -0.699. The molecule has 0 saturated heterocycles. The number of aryl methyl sites for hydroxylation is 1. The van der Waals surface area contributed by atoms with Crippen LogP contribution in [0.4, 0.5) is 5.69 Å². The van der Waals surface area contributed by atoms with Gasteiger partial charge in [0.15, 0.2) is 0 Å². The summed E-state index contributed by atoms with van der Waals surface area (Å²) in [5.74, 6) is 0.923. The second kappa shape index (κ2) is 14.7. The lowest BCUT2D eigenvalue weighted by Gasteiger charge is -2.32. The Bertz CT molecular complexity index is 992. The Morgan fingerprint density at radius 1 is 1.00 bits per heavy atom. The molecule has 1 unspecified atom stereocenters. The third kappa shape index (κ3) is 7.52. The molecule has 1 heterocycles. The van der Waals surface area contributed by atoms with Gasteiger partial charge < -0.3 is 14.7 Å². The largest absolute Gasteiger partial charge is 0.496 e. The van der Waals surface area contributed by atoms with Gasteiger partial charge in [0.25, 0.3) is 0 Å². The van der Waals surface area contributed by atoms with Gasteiger partial charge in [-0.25, -0.2) is 0 Å². The van der Waals surface area contributed by atoms with Gasteiger partial charge in [0.1, 0.15) is 12.0 Å². The van der Waals surface area contributed by atoms with Crippen LogP contribution in [0.1, 0.15) is 62.6 Å². The first-order valence-corrected chi connectivity index (χ1v) is 12.8. The van der Waals surface area contributed by atoms with Crippen molar-refractivity contribution in [3.8, 4) is 5.75 Å². The molecule has 0 aromatic heterocycles. The molecular weight excluding hydrogens is 440 g/mol. The number of fused-ring (bicyclic) bond motifs is 1. The predicted octanol–water partition coefficient (Wildman–Crippen LogP) is 6.77. The second-order valence-corrected chi connectivity index (χ2v) is 8.19. The maximum Gasteiger partial charge on any atom is 0.131 e. The van der Waals surface area contributed by atoms with Crippen LogP contribution in [-0.2, 0) is 19.5 Å². The third-order valence-electron chi connectivity index (χ3n) is 5.62. The Balaban J connectivity index is 0.000000970. The number of hydrogen-bond acceptors (Lipinski definition) is 5. The van der Waals surface area contributed by atoms with Crippen LogP contribution in [0.5, 0.6) is 5.75 Å². The van der Waals surface area contributed by atoms with Crippen LogP contribution < -0.4 is 15.0 Å². The first-order valence-electron chi connectivity index (χ1n) is 12.3. The van der Waals surface area contributed by atoms with Crippen LogP contribution in [0.15, 0.2) is 71.6 Å². The summed E-state index contributed by atoms with van der Waals surface area (Å²) < 4.78 is 5.52. The van der Waals surface area contributed by atoms with Crippen molar-refractivity contribution in [3.05, 3.63) is 89.0 Å². The summed E-state index contributed by atoms with van der Waals surface area (Å²) in [6, 6.07) is 22.4. The van der Waals surface area contributed by atoms with Gasteiger partial charge >= 0.3 is 0 Å². The van der Waals surface area contributed by atoms with Crippen LogP contribution in [0, 0.1) is 0 Å². The lowest BCUT2D eigenvalue weighted by atomic mass is 9.98. The molecule has 5 heteroatoms. The van der Waals surface area contributed by atoms with Gasteiger partial charge in [-0.15, -0.1) is 12.6 Å². The summed E-state index contributed by atoms with van der Waals surface area (Å²) >= 11 is 4.31. The zero-order chi connectivity index (χ0) is 24.9. The minimum Gasteiger partial charge on any atom is -0.496 e. The van der Waals surface area contributed by atoms with Gasteiger partial charge in [0, 0.05) is 35.8 Å². The number of aliphatic hydroxyl groups excluding tert-OH is 1. The van der Waals surface area contributed by atoms with Crippen molar-refractivity contribution >= 4 is 18.3 Å². The molecule has 0 fully saturated rings. The third-order valence-corrected chi connectivity index (χ3v) is 5.92. The van der Waals surface area contributed by atoms with Gasteiger partial charge in [-0.2, -0.15) is 0 Å². The molecule has 0 spiro atoms. The van der Waals surface area contributed by atoms with Crippen molar-refractivity contribution < 1.29 is 9.84 Å². The van der Waals surface area contributed by atoms with Crippen molar-refractivity contribution in [2.24, 2.45) is 0 Å². The Morgan fingerprint density at radius 3 is 2.41 bits per heavy atom. The standard InChI is InChI=1S/C25H28N2O2S.2C2H6/c1-29-24-7-3-2-5-21(24)17-27-14-4-6-19-15-20(10-13-23(19)27)25(28)26-16-18-8-11-22(30)12-9-18;2*1-2/h2-3,5,7-13,15,25-26,28,30H,4,6,14,16-17H2,1H3;2*1-2H3. The predicted molar refractivity (Wildman–Crippen MR) is 147 cm³/mol. The molecule has 0 aliphatic carbocycles. The summed E-state index contributed by atoms with van der Waals surface area (Å²) in [7, 11) is 1.72. The number of para-hydroxylation sites is 1. The van der Waals surface area contributed by atoms with E-state index in [4.69, 9.17) is 4.74 Å². The summed E-state index contributed by atoms with van der Waals surface area (Å²) in [5.41, 5.74) is 5.73. The molecule has 1 aliphatic rings. The van der Waals surface area contributed by atoms with E-state index in [1.165, 1.54) is 16.8 Å². The van der Waals surface area contributed by atoms with Crippen molar-refractivity contribution in [2.75, 3.05) is 18.6 Å². The van der Waals surface area contributed by atoms with Crippen LogP contribution in [0.3, 0.4) is 0 Å². The average Bonchev–Trinajstić information content (AvgIpc) is 2.90. The van der Waals surface area contributed by atoms with Gasteiger partial charge in [0.2, 0.25) is 0 Å². The van der Waals surface area contributed by atoms with Gasteiger partial charge in [-0.1, -0.05) is 64.1 Å². The topological polar surface area (TPSA) is 44.7 Å². The molecule has 1 aliphatic heterocycles. The zero-order valence-corrected chi connectivity index (χ0v) is 22.1. The quantitative estimate of drug-likeness (QED) is 0.258. The summed E-state index contributed by atoms with van der Waals surface area (Å²) in [5, 5.41) is 13.9. The lowest BCUT2D eigenvalue weighted by Crippen LogP contribution is -2.29. The molecule has 0 amide bonds. The first kappa shape index (κ1) is 27.8. The summed E-state index contributed by atoms with van der Waals surface area (Å²) in [4.78, 5) is 3.34. The molecule has 4 nitrogen and oxygen atoms in total. The number of hydrogen-bond donors (Lipinski definition) is 3. The Labute approximate surface area is 211 Å². The fraction of sp³-hybridized carbons (Fsp3) is 0.379. The SMILES string of the molecule is CC.CC.COc1ccccc1CN1CCCc2cc(C(O)NCc3ccc(S)cc3)ccc21. The highest BCUT2D eigenvalue weighted by Crippen LogP contribution is 2.32. The van der Waals surface area contributed by atoms with Crippen molar-refractivity contribution in [1.82, 2.24) is 5.32 Å². The maximum atomic E-state index is 10.7. The first-order chi connectivity index (χ1) is 16.6.